The summed E-state index contributed by atoms with van der Waals surface area (Å²) in [7, 11) is 1.93. The van der Waals surface area contributed by atoms with Gasteiger partial charge in [0.15, 0.2) is 0 Å². The summed E-state index contributed by atoms with van der Waals surface area (Å²) in [5.74, 6) is -0.00759. The highest BCUT2D eigenvalue weighted by Gasteiger charge is 2.24. The molecule has 3 rings (SSSR count). The Morgan fingerprint density at radius 2 is 2.31 bits per heavy atom. The third kappa shape index (κ3) is 1.46. The van der Waals surface area contributed by atoms with E-state index in [4.69, 9.17) is 0 Å². The van der Waals surface area contributed by atoms with Crippen LogP contribution in [-0.2, 0) is 7.05 Å². The number of para-hydroxylation sites is 1. The van der Waals surface area contributed by atoms with Crippen LogP contribution in [0, 0.1) is 0 Å². The predicted molar refractivity (Wildman–Crippen MR) is 61.2 cm³/mol. The highest BCUT2D eigenvalue weighted by molar-refractivity contribution is 6.05. The van der Waals surface area contributed by atoms with Crippen LogP contribution in [-0.4, -0.2) is 21.5 Å². The fourth-order valence-electron chi connectivity index (χ4n) is 1.83. The summed E-state index contributed by atoms with van der Waals surface area (Å²) < 4.78 is 1.92. The first-order valence-corrected chi connectivity index (χ1v) is 5.46. The standard InChI is InChI=1S/C12H13N3O/c1-15-7-13-11-9(3-2-4-10(11)15)12(16)14-8-5-6-8/h2-4,7-8H,5-6H2,1H3,(H,14,16). The lowest BCUT2D eigenvalue weighted by atomic mass is 10.1. The number of rotatable bonds is 2. The Balaban J connectivity index is 2.04. The molecule has 1 heterocycles. The van der Waals surface area contributed by atoms with Crippen LogP contribution in [0.5, 0.6) is 0 Å². The summed E-state index contributed by atoms with van der Waals surface area (Å²) in [6.07, 6.45) is 3.94. The molecule has 1 aliphatic carbocycles. The Morgan fingerprint density at radius 3 is 3.06 bits per heavy atom. The highest BCUT2D eigenvalue weighted by Crippen LogP contribution is 2.21. The van der Waals surface area contributed by atoms with E-state index >= 15 is 0 Å². The number of amides is 1. The number of aryl methyl sites for hydroxylation is 1. The van der Waals surface area contributed by atoms with Gasteiger partial charge in [-0.25, -0.2) is 4.98 Å². The van der Waals surface area contributed by atoms with Crippen molar-refractivity contribution in [1.82, 2.24) is 14.9 Å². The van der Waals surface area contributed by atoms with Crippen LogP contribution in [0.25, 0.3) is 11.0 Å². The molecule has 0 aliphatic heterocycles. The summed E-state index contributed by atoms with van der Waals surface area (Å²) in [5.41, 5.74) is 2.44. The predicted octanol–water partition coefficient (Wildman–Crippen LogP) is 1.47. The molecule has 0 unspecified atom stereocenters. The smallest absolute Gasteiger partial charge is 0.253 e. The van der Waals surface area contributed by atoms with Crippen molar-refractivity contribution in [2.45, 2.75) is 18.9 Å². The van der Waals surface area contributed by atoms with Crippen molar-refractivity contribution in [2.24, 2.45) is 7.05 Å². The lowest BCUT2D eigenvalue weighted by molar-refractivity contribution is 0.0952. The maximum absolute atomic E-state index is 12.0. The molecule has 1 aliphatic rings. The minimum absolute atomic E-state index is 0.00759. The van der Waals surface area contributed by atoms with Crippen LogP contribution in [0.1, 0.15) is 23.2 Å². The second-order valence-electron chi connectivity index (χ2n) is 4.28. The van der Waals surface area contributed by atoms with Crippen molar-refractivity contribution < 1.29 is 4.79 Å². The average molecular weight is 215 g/mol. The van der Waals surface area contributed by atoms with Crippen LogP contribution < -0.4 is 5.32 Å². The third-order valence-corrected chi connectivity index (χ3v) is 2.91. The molecule has 82 valence electrons. The number of imidazole rings is 1. The van der Waals surface area contributed by atoms with Gasteiger partial charge < -0.3 is 9.88 Å². The molecule has 4 heteroatoms. The molecule has 1 amide bonds. The van der Waals surface area contributed by atoms with Gasteiger partial charge in [0.05, 0.1) is 17.4 Å². The molecule has 1 fully saturated rings. The van der Waals surface area contributed by atoms with E-state index < -0.39 is 0 Å². The first kappa shape index (κ1) is 9.39. The van der Waals surface area contributed by atoms with E-state index in [0.29, 0.717) is 11.6 Å². The number of aromatic nitrogens is 2. The van der Waals surface area contributed by atoms with Crippen molar-refractivity contribution in [2.75, 3.05) is 0 Å². The van der Waals surface area contributed by atoms with Crippen molar-refractivity contribution >= 4 is 16.9 Å². The van der Waals surface area contributed by atoms with Gasteiger partial charge in [0.1, 0.15) is 5.52 Å². The van der Waals surface area contributed by atoms with E-state index in [1.54, 1.807) is 6.33 Å². The van der Waals surface area contributed by atoms with E-state index in [0.717, 1.165) is 23.9 Å². The fourth-order valence-corrected chi connectivity index (χ4v) is 1.83. The lowest BCUT2D eigenvalue weighted by Gasteiger charge is -2.04. The van der Waals surface area contributed by atoms with E-state index in [-0.39, 0.29) is 5.91 Å². The summed E-state index contributed by atoms with van der Waals surface area (Å²) in [6.45, 7) is 0. The van der Waals surface area contributed by atoms with E-state index in [1.165, 1.54) is 0 Å². The average Bonchev–Trinajstić information content (AvgIpc) is 3.02. The molecular weight excluding hydrogens is 202 g/mol. The molecule has 2 aromatic rings. The molecule has 0 bridgehead atoms. The molecule has 1 aromatic heterocycles. The molecule has 0 saturated heterocycles. The zero-order chi connectivity index (χ0) is 11.1. The number of carbonyl (C=O) groups is 1. The Kier molecular flexibility index (Phi) is 1.96. The van der Waals surface area contributed by atoms with Gasteiger partial charge >= 0.3 is 0 Å². The zero-order valence-corrected chi connectivity index (χ0v) is 9.10. The molecule has 0 atom stereocenters. The zero-order valence-electron chi connectivity index (χ0n) is 9.10. The van der Waals surface area contributed by atoms with Crippen LogP contribution >= 0.6 is 0 Å². The number of nitrogens with one attached hydrogen (secondary N) is 1. The van der Waals surface area contributed by atoms with E-state index in [9.17, 15) is 4.79 Å². The topological polar surface area (TPSA) is 46.9 Å². The summed E-state index contributed by atoms with van der Waals surface area (Å²) in [4.78, 5) is 16.2. The first-order valence-electron chi connectivity index (χ1n) is 5.46. The highest BCUT2D eigenvalue weighted by atomic mass is 16.1. The molecule has 16 heavy (non-hydrogen) atoms. The van der Waals surface area contributed by atoms with Crippen LogP contribution in [0.3, 0.4) is 0 Å². The molecule has 1 aromatic carbocycles. The van der Waals surface area contributed by atoms with Crippen molar-refractivity contribution in [1.29, 1.82) is 0 Å². The second-order valence-corrected chi connectivity index (χ2v) is 4.28. The maximum atomic E-state index is 12.0. The minimum atomic E-state index is -0.00759. The minimum Gasteiger partial charge on any atom is -0.349 e. The molecule has 0 radical (unpaired) electrons. The quantitative estimate of drug-likeness (QED) is 0.824. The van der Waals surface area contributed by atoms with Crippen molar-refractivity contribution in [3.8, 4) is 0 Å². The van der Waals surface area contributed by atoms with Gasteiger partial charge in [-0.2, -0.15) is 0 Å². The Morgan fingerprint density at radius 1 is 1.50 bits per heavy atom. The number of hydrogen-bond acceptors (Lipinski definition) is 2. The third-order valence-electron chi connectivity index (χ3n) is 2.91. The van der Waals surface area contributed by atoms with Gasteiger partial charge in [0, 0.05) is 13.1 Å². The van der Waals surface area contributed by atoms with Gasteiger partial charge in [-0.15, -0.1) is 0 Å². The number of nitrogens with zero attached hydrogens (tertiary/aromatic N) is 2. The molecule has 1 N–H and O–H groups in total. The molecular formula is C12H13N3O. The summed E-state index contributed by atoms with van der Waals surface area (Å²) in [6, 6.07) is 6.07. The Bertz CT molecular complexity index is 554. The largest absolute Gasteiger partial charge is 0.349 e. The van der Waals surface area contributed by atoms with Crippen LogP contribution in [0.4, 0.5) is 0 Å². The van der Waals surface area contributed by atoms with Crippen LogP contribution in [0.2, 0.25) is 0 Å². The fraction of sp³-hybridized carbons (Fsp3) is 0.333. The van der Waals surface area contributed by atoms with Crippen molar-refractivity contribution in [3.05, 3.63) is 30.1 Å². The molecule has 0 spiro atoms. The van der Waals surface area contributed by atoms with Gasteiger partial charge in [0.25, 0.3) is 5.91 Å². The molecule has 1 saturated carbocycles. The summed E-state index contributed by atoms with van der Waals surface area (Å²) >= 11 is 0. The Hall–Kier alpha value is -1.84. The number of benzene rings is 1. The number of fused-ring (bicyclic) bond motifs is 1. The second kappa shape index (κ2) is 3.33. The maximum Gasteiger partial charge on any atom is 0.253 e. The first-order chi connectivity index (χ1) is 7.75. The van der Waals surface area contributed by atoms with Crippen molar-refractivity contribution in [3.63, 3.8) is 0 Å². The summed E-state index contributed by atoms with van der Waals surface area (Å²) in [5, 5.41) is 2.98. The van der Waals surface area contributed by atoms with Gasteiger partial charge in [0.2, 0.25) is 0 Å². The van der Waals surface area contributed by atoms with Gasteiger partial charge in [-0.3, -0.25) is 4.79 Å². The van der Waals surface area contributed by atoms with E-state index in [1.807, 2.05) is 29.8 Å². The monoisotopic (exact) mass is 215 g/mol. The lowest BCUT2D eigenvalue weighted by Crippen LogP contribution is -2.25. The van der Waals surface area contributed by atoms with Gasteiger partial charge in [-0.1, -0.05) is 6.07 Å². The Labute approximate surface area is 93.3 Å². The van der Waals surface area contributed by atoms with E-state index in [2.05, 4.69) is 10.3 Å². The number of hydrogen-bond donors (Lipinski definition) is 1. The SMILES string of the molecule is Cn1cnc2c(C(=O)NC3CC3)cccc21. The molecule has 4 nitrogen and oxygen atoms in total. The van der Waals surface area contributed by atoms with Crippen LogP contribution in [0.15, 0.2) is 24.5 Å². The normalized spacial score (nSPS) is 15.3. The van der Waals surface area contributed by atoms with Gasteiger partial charge in [-0.05, 0) is 25.0 Å². The number of carbonyl (C=O) groups excluding carboxylic acids is 1.